The van der Waals surface area contributed by atoms with Gasteiger partial charge in [-0.2, -0.15) is 18.3 Å². The van der Waals surface area contributed by atoms with Crippen LogP contribution in [0.15, 0.2) is 6.07 Å². The van der Waals surface area contributed by atoms with Crippen molar-refractivity contribution < 1.29 is 13.2 Å². The zero-order valence-corrected chi connectivity index (χ0v) is 8.67. The average Bonchev–Trinajstić information content (AvgIpc) is 2.48. The van der Waals surface area contributed by atoms with E-state index in [4.69, 9.17) is 5.73 Å². The molecular formula is C9H14F3N3. The number of alkyl halides is 3. The first-order chi connectivity index (χ1) is 6.86. The number of nitrogens with two attached hydrogens (primary N) is 1. The molecule has 6 heteroatoms. The molecule has 0 aliphatic rings. The number of aromatic nitrogens is 2. The Morgan fingerprint density at radius 2 is 2.07 bits per heavy atom. The van der Waals surface area contributed by atoms with Crippen LogP contribution in [0.3, 0.4) is 0 Å². The smallest absolute Gasteiger partial charge is 0.329 e. The molecular weight excluding hydrogens is 207 g/mol. The average molecular weight is 221 g/mol. The van der Waals surface area contributed by atoms with Gasteiger partial charge in [-0.25, -0.2) is 0 Å². The molecule has 1 aromatic heterocycles. The molecule has 0 aromatic carbocycles. The van der Waals surface area contributed by atoms with E-state index < -0.39 is 11.9 Å². The second kappa shape index (κ2) is 4.22. The summed E-state index contributed by atoms with van der Waals surface area (Å²) < 4.78 is 38.5. The van der Waals surface area contributed by atoms with E-state index in [0.29, 0.717) is 12.2 Å². The molecule has 0 atom stereocenters. The van der Waals surface area contributed by atoms with Crippen molar-refractivity contribution in [2.75, 3.05) is 6.54 Å². The van der Waals surface area contributed by atoms with Crippen LogP contribution in [0.1, 0.15) is 31.2 Å². The molecule has 0 saturated carbocycles. The molecule has 1 heterocycles. The van der Waals surface area contributed by atoms with Gasteiger partial charge in [-0.3, -0.25) is 4.68 Å². The van der Waals surface area contributed by atoms with E-state index in [1.54, 1.807) is 0 Å². The Bertz CT molecular complexity index is 328. The van der Waals surface area contributed by atoms with E-state index in [0.717, 1.165) is 6.07 Å². The highest BCUT2D eigenvalue weighted by molar-refractivity contribution is 5.16. The minimum Gasteiger partial charge on any atom is -0.329 e. The first kappa shape index (κ1) is 12.0. The quantitative estimate of drug-likeness (QED) is 0.848. The van der Waals surface area contributed by atoms with Gasteiger partial charge in [-0.05, 0) is 12.0 Å². The van der Waals surface area contributed by atoms with Crippen LogP contribution < -0.4 is 5.73 Å². The molecule has 3 nitrogen and oxygen atoms in total. The van der Waals surface area contributed by atoms with Gasteiger partial charge >= 0.3 is 6.18 Å². The maximum absolute atomic E-state index is 12.4. The van der Waals surface area contributed by atoms with E-state index in [2.05, 4.69) is 5.10 Å². The lowest BCUT2D eigenvalue weighted by Gasteiger charge is -2.07. The highest BCUT2D eigenvalue weighted by atomic mass is 19.4. The maximum atomic E-state index is 12.4. The minimum absolute atomic E-state index is 0.000139. The fraction of sp³-hybridized carbons (Fsp3) is 0.667. The van der Waals surface area contributed by atoms with Gasteiger partial charge in [0.2, 0.25) is 0 Å². The van der Waals surface area contributed by atoms with Crippen molar-refractivity contribution >= 4 is 0 Å². The molecule has 0 bridgehead atoms. The second-order valence-electron chi connectivity index (χ2n) is 3.62. The molecule has 0 fully saturated rings. The molecule has 2 N–H and O–H groups in total. The fourth-order valence-corrected chi connectivity index (χ4v) is 1.34. The summed E-state index contributed by atoms with van der Waals surface area (Å²) in [5, 5.41) is 3.50. The Labute approximate surface area is 86.1 Å². The normalized spacial score (nSPS) is 12.5. The number of halogens is 3. The molecule has 86 valence electrons. The summed E-state index contributed by atoms with van der Waals surface area (Å²) in [6.45, 7) is 4.23. The van der Waals surface area contributed by atoms with E-state index >= 15 is 0 Å². The van der Waals surface area contributed by atoms with Gasteiger partial charge in [0.15, 0.2) is 5.69 Å². The Kier molecular flexibility index (Phi) is 3.38. The van der Waals surface area contributed by atoms with Crippen molar-refractivity contribution in [1.82, 2.24) is 9.78 Å². The van der Waals surface area contributed by atoms with Gasteiger partial charge in [0.1, 0.15) is 0 Å². The lowest BCUT2D eigenvalue weighted by Crippen LogP contribution is -2.15. The molecule has 0 unspecified atom stereocenters. The summed E-state index contributed by atoms with van der Waals surface area (Å²) in [5.41, 5.74) is 5.02. The third-order valence-electron chi connectivity index (χ3n) is 2.03. The van der Waals surface area contributed by atoms with Gasteiger partial charge in [0.25, 0.3) is 0 Å². The summed E-state index contributed by atoms with van der Waals surface area (Å²) in [4.78, 5) is 0. The summed E-state index contributed by atoms with van der Waals surface area (Å²) in [6, 6.07) is 1.08. The standard InChI is InChI=1S/C9H14F3N3/c1-6(2)7-5-8(9(10,11)12)14-15(7)4-3-13/h5-6H,3-4,13H2,1-2H3. The zero-order valence-electron chi connectivity index (χ0n) is 8.67. The third kappa shape index (κ3) is 2.71. The number of nitrogens with zero attached hydrogens (tertiary/aromatic N) is 2. The van der Waals surface area contributed by atoms with Crippen LogP contribution in [-0.2, 0) is 12.7 Å². The van der Waals surface area contributed by atoms with Crippen molar-refractivity contribution in [2.24, 2.45) is 5.73 Å². The van der Waals surface area contributed by atoms with Crippen molar-refractivity contribution in [3.63, 3.8) is 0 Å². The molecule has 1 aromatic rings. The van der Waals surface area contributed by atoms with Crippen LogP contribution in [0.25, 0.3) is 0 Å². The SMILES string of the molecule is CC(C)c1cc(C(F)(F)F)nn1CCN. The Balaban J connectivity index is 3.09. The van der Waals surface area contributed by atoms with Crippen molar-refractivity contribution in [3.8, 4) is 0 Å². The fourth-order valence-electron chi connectivity index (χ4n) is 1.34. The van der Waals surface area contributed by atoms with Gasteiger partial charge in [0.05, 0.1) is 6.54 Å². The largest absolute Gasteiger partial charge is 0.435 e. The molecule has 0 saturated heterocycles. The summed E-state index contributed by atoms with van der Waals surface area (Å²) in [7, 11) is 0. The minimum atomic E-state index is -4.39. The van der Waals surface area contributed by atoms with Crippen molar-refractivity contribution in [3.05, 3.63) is 17.5 Å². The summed E-state index contributed by atoms with van der Waals surface area (Å²) in [6.07, 6.45) is -4.39. The summed E-state index contributed by atoms with van der Waals surface area (Å²) in [5.74, 6) is 0.000139. The second-order valence-corrected chi connectivity index (χ2v) is 3.62. The maximum Gasteiger partial charge on any atom is 0.435 e. The number of rotatable bonds is 3. The highest BCUT2D eigenvalue weighted by Crippen LogP contribution is 2.30. The van der Waals surface area contributed by atoms with Crippen LogP contribution in [0.5, 0.6) is 0 Å². The van der Waals surface area contributed by atoms with E-state index in [-0.39, 0.29) is 12.5 Å². The van der Waals surface area contributed by atoms with Crippen LogP contribution >= 0.6 is 0 Å². The molecule has 0 radical (unpaired) electrons. The predicted octanol–water partition coefficient (Wildman–Crippen LogP) is 1.98. The van der Waals surface area contributed by atoms with Gasteiger partial charge < -0.3 is 5.73 Å². The molecule has 0 aliphatic heterocycles. The van der Waals surface area contributed by atoms with E-state index in [1.807, 2.05) is 13.8 Å². The monoisotopic (exact) mass is 221 g/mol. The Hall–Kier alpha value is -1.04. The Morgan fingerprint density at radius 1 is 1.47 bits per heavy atom. The van der Waals surface area contributed by atoms with Crippen LogP contribution in [0, 0.1) is 0 Å². The number of hydrogen-bond donors (Lipinski definition) is 1. The lowest BCUT2D eigenvalue weighted by molar-refractivity contribution is -0.141. The molecule has 15 heavy (non-hydrogen) atoms. The number of hydrogen-bond acceptors (Lipinski definition) is 2. The summed E-state index contributed by atoms with van der Waals surface area (Å²) >= 11 is 0. The molecule has 0 aliphatic carbocycles. The predicted molar refractivity (Wildman–Crippen MR) is 50.4 cm³/mol. The molecule has 1 rings (SSSR count). The van der Waals surface area contributed by atoms with Gasteiger partial charge in [-0.15, -0.1) is 0 Å². The lowest BCUT2D eigenvalue weighted by atomic mass is 10.1. The highest BCUT2D eigenvalue weighted by Gasteiger charge is 2.35. The van der Waals surface area contributed by atoms with Crippen molar-refractivity contribution in [2.45, 2.75) is 32.5 Å². The van der Waals surface area contributed by atoms with Gasteiger partial charge in [-0.1, -0.05) is 13.8 Å². The van der Waals surface area contributed by atoms with Crippen LogP contribution in [0.2, 0.25) is 0 Å². The van der Waals surface area contributed by atoms with E-state index in [9.17, 15) is 13.2 Å². The van der Waals surface area contributed by atoms with Crippen LogP contribution in [-0.4, -0.2) is 16.3 Å². The van der Waals surface area contributed by atoms with Gasteiger partial charge in [0, 0.05) is 12.2 Å². The molecule has 0 spiro atoms. The van der Waals surface area contributed by atoms with Crippen LogP contribution in [0.4, 0.5) is 13.2 Å². The Morgan fingerprint density at radius 3 is 2.47 bits per heavy atom. The third-order valence-corrected chi connectivity index (χ3v) is 2.03. The first-order valence-corrected chi connectivity index (χ1v) is 4.71. The first-order valence-electron chi connectivity index (χ1n) is 4.71. The zero-order chi connectivity index (χ0) is 11.6. The van der Waals surface area contributed by atoms with E-state index in [1.165, 1.54) is 4.68 Å². The topological polar surface area (TPSA) is 43.8 Å². The van der Waals surface area contributed by atoms with Crippen molar-refractivity contribution in [1.29, 1.82) is 0 Å². The molecule has 0 amide bonds.